The Morgan fingerprint density at radius 3 is 1.71 bits per heavy atom. The predicted molar refractivity (Wildman–Crippen MR) is 102 cm³/mol. The molecule has 0 bridgehead atoms. The van der Waals surface area contributed by atoms with Crippen molar-refractivity contribution in [3.63, 3.8) is 0 Å². The Morgan fingerprint density at radius 2 is 1.29 bits per heavy atom. The van der Waals surface area contributed by atoms with Gasteiger partial charge in [0.15, 0.2) is 0 Å². The van der Waals surface area contributed by atoms with E-state index < -0.39 is 19.0 Å². The second-order valence-electron chi connectivity index (χ2n) is 7.20. The first-order valence-corrected chi connectivity index (χ1v) is 9.32. The number of benzene rings is 2. The molecule has 154 valence electrons. The third-order valence-electron chi connectivity index (χ3n) is 4.67. The Hall–Kier alpha value is -2.24. The Bertz CT molecular complexity index is 722. The van der Waals surface area contributed by atoms with E-state index in [0.29, 0.717) is 6.61 Å². The van der Waals surface area contributed by atoms with Crippen LogP contribution >= 0.6 is 0 Å². The molecule has 28 heavy (non-hydrogen) atoms. The Labute approximate surface area is 163 Å². The van der Waals surface area contributed by atoms with Crippen molar-refractivity contribution in [2.45, 2.75) is 51.4 Å². The molecule has 1 atom stereocenters. The molecule has 0 amide bonds. The average Bonchev–Trinajstić information content (AvgIpc) is 2.66. The molecule has 6 heteroatoms. The molecule has 2 aromatic carbocycles. The Morgan fingerprint density at radius 1 is 0.821 bits per heavy atom. The highest BCUT2D eigenvalue weighted by Crippen LogP contribution is 2.33. The van der Waals surface area contributed by atoms with E-state index in [1.54, 1.807) is 24.3 Å². The fraction of sp³-hybridized carbons (Fsp3) is 0.455. The van der Waals surface area contributed by atoms with Crippen LogP contribution in [0.3, 0.4) is 0 Å². The SMILES string of the molecule is CCCCOc1ccc(C(C)(C)c2ccc(OCC(F)C(F)(F)F)cc2)cc1. The highest BCUT2D eigenvalue weighted by Gasteiger charge is 2.40. The zero-order chi connectivity index (χ0) is 20.8. The number of ether oxygens (including phenoxy) is 2. The van der Waals surface area contributed by atoms with Crippen molar-refractivity contribution in [3.05, 3.63) is 59.7 Å². The molecule has 2 aromatic rings. The van der Waals surface area contributed by atoms with E-state index >= 15 is 0 Å². The van der Waals surface area contributed by atoms with Crippen LogP contribution in [0, 0.1) is 0 Å². The summed E-state index contributed by atoms with van der Waals surface area (Å²) in [7, 11) is 0. The Kier molecular flexibility index (Phi) is 7.33. The molecule has 2 rings (SSSR count). The van der Waals surface area contributed by atoms with Gasteiger partial charge in [-0.1, -0.05) is 51.5 Å². The van der Waals surface area contributed by atoms with Gasteiger partial charge in [0.1, 0.15) is 18.1 Å². The molecule has 0 heterocycles. The first-order chi connectivity index (χ1) is 13.1. The summed E-state index contributed by atoms with van der Waals surface area (Å²) in [5, 5.41) is 0. The van der Waals surface area contributed by atoms with E-state index in [9.17, 15) is 17.6 Å². The maximum absolute atomic E-state index is 13.0. The van der Waals surface area contributed by atoms with Gasteiger partial charge in [0.05, 0.1) is 6.61 Å². The molecule has 0 aliphatic rings. The first-order valence-electron chi connectivity index (χ1n) is 9.32. The molecule has 0 aliphatic carbocycles. The number of rotatable bonds is 9. The van der Waals surface area contributed by atoms with Gasteiger partial charge in [-0.15, -0.1) is 0 Å². The molecule has 2 nitrogen and oxygen atoms in total. The molecule has 0 N–H and O–H groups in total. The molecular weight excluding hydrogens is 372 g/mol. The molecule has 0 aromatic heterocycles. The van der Waals surface area contributed by atoms with Gasteiger partial charge in [-0.3, -0.25) is 0 Å². The van der Waals surface area contributed by atoms with Gasteiger partial charge < -0.3 is 9.47 Å². The molecule has 0 saturated heterocycles. The van der Waals surface area contributed by atoms with Crippen molar-refractivity contribution in [1.29, 1.82) is 0 Å². The highest BCUT2D eigenvalue weighted by atomic mass is 19.4. The summed E-state index contributed by atoms with van der Waals surface area (Å²) in [6, 6.07) is 14.5. The molecule has 0 aliphatic heterocycles. The standard InChI is InChI=1S/C22H26F4O2/c1-4-5-14-27-18-10-6-16(7-11-18)21(2,3)17-8-12-19(13-9-17)28-15-20(23)22(24,25)26/h6-13,20H,4-5,14-15H2,1-3H3. The summed E-state index contributed by atoms with van der Waals surface area (Å²) in [5.41, 5.74) is 1.71. The van der Waals surface area contributed by atoms with Gasteiger partial charge in [-0.25, -0.2) is 4.39 Å². The number of alkyl halides is 4. The maximum atomic E-state index is 13.0. The van der Waals surface area contributed by atoms with Crippen LogP contribution in [0.1, 0.15) is 44.7 Å². The first kappa shape index (κ1) is 22.1. The predicted octanol–water partition coefficient (Wildman–Crippen LogP) is 6.47. The molecule has 1 unspecified atom stereocenters. The molecule has 0 fully saturated rings. The fourth-order valence-corrected chi connectivity index (χ4v) is 2.70. The summed E-state index contributed by atoms with van der Waals surface area (Å²) in [6.07, 6.45) is -5.82. The minimum Gasteiger partial charge on any atom is -0.494 e. The second-order valence-corrected chi connectivity index (χ2v) is 7.20. The quantitative estimate of drug-likeness (QED) is 0.356. The Balaban J connectivity index is 2.03. The number of unbranched alkanes of at least 4 members (excludes halogenated alkanes) is 1. The van der Waals surface area contributed by atoms with E-state index in [1.807, 2.05) is 24.3 Å². The van der Waals surface area contributed by atoms with E-state index in [1.165, 1.54) is 0 Å². The normalized spacial score (nSPS) is 13.2. The summed E-state index contributed by atoms with van der Waals surface area (Å²) in [4.78, 5) is 0. The third-order valence-corrected chi connectivity index (χ3v) is 4.67. The van der Waals surface area contributed by atoms with Gasteiger partial charge in [-0.2, -0.15) is 13.2 Å². The summed E-state index contributed by atoms with van der Waals surface area (Å²) in [6.45, 7) is 5.85. The number of halogens is 4. The van der Waals surface area contributed by atoms with Crippen LogP contribution in [-0.2, 0) is 5.41 Å². The van der Waals surface area contributed by atoms with E-state index in [2.05, 4.69) is 20.8 Å². The summed E-state index contributed by atoms with van der Waals surface area (Å²) >= 11 is 0. The van der Waals surface area contributed by atoms with Crippen LogP contribution in [0.5, 0.6) is 11.5 Å². The van der Waals surface area contributed by atoms with Gasteiger partial charge in [-0.05, 0) is 41.8 Å². The largest absolute Gasteiger partial charge is 0.494 e. The van der Waals surface area contributed by atoms with E-state index in [4.69, 9.17) is 9.47 Å². The smallest absolute Gasteiger partial charge is 0.423 e. The van der Waals surface area contributed by atoms with Crippen molar-refractivity contribution in [1.82, 2.24) is 0 Å². The van der Waals surface area contributed by atoms with Crippen LogP contribution < -0.4 is 9.47 Å². The van der Waals surface area contributed by atoms with Gasteiger partial charge in [0, 0.05) is 5.41 Å². The van der Waals surface area contributed by atoms with Crippen molar-refractivity contribution in [2.24, 2.45) is 0 Å². The van der Waals surface area contributed by atoms with Crippen molar-refractivity contribution >= 4 is 0 Å². The second kappa shape index (κ2) is 9.30. The van der Waals surface area contributed by atoms with Crippen LogP contribution in [-0.4, -0.2) is 25.6 Å². The molecular formula is C22H26F4O2. The van der Waals surface area contributed by atoms with Crippen molar-refractivity contribution < 1.29 is 27.0 Å². The van der Waals surface area contributed by atoms with Crippen molar-refractivity contribution in [2.75, 3.05) is 13.2 Å². The topological polar surface area (TPSA) is 18.5 Å². The number of hydrogen-bond donors (Lipinski definition) is 0. The fourth-order valence-electron chi connectivity index (χ4n) is 2.70. The summed E-state index contributed by atoms with van der Waals surface area (Å²) in [5.74, 6) is 1.02. The lowest BCUT2D eigenvalue weighted by Gasteiger charge is -2.26. The van der Waals surface area contributed by atoms with Gasteiger partial charge in [0.2, 0.25) is 6.17 Å². The lowest BCUT2D eigenvalue weighted by Crippen LogP contribution is -2.30. The minimum absolute atomic E-state index is 0.200. The van der Waals surface area contributed by atoms with Crippen LogP contribution in [0.2, 0.25) is 0 Å². The van der Waals surface area contributed by atoms with Crippen LogP contribution in [0.4, 0.5) is 17.6 Å². The van der Waals surface area contributed by atoms with E-state index in [-0.39, 0.29) is 11.2 Å². The van der Waals surface area contributed by atoms with E-state index in [0.717, 1.165) is 29.7 Å². The lowest BCUT2D eigenvalue weighted by molar-refractivity contribution is -0.187. The lowest BCUT2D eigenvalue weighted by atomic mass is 9.78. The summed E-state index contributed by atoms with van der Waals surface area (Å²) < 4.78 is 60.2. The van der Waals surface area contributed by atoms with Crippen LogP contribution in [0.25, 0.3) is 0 Å². The zero-order valence-corrected chi connectivity index (χ0v) is 16.4. The minimum atomic E-state index is -4.91. The monoisotopic (exact) mass is 398 g/mol. The zero-order valence-electron chi connectivity index (χ0n) is 16.4. The van der Waals surface area contributed by atoms with Crippen LogP contribution in [0.15, 0.2) is 48.5 Å². The van der Waals surface area contributed by atoms with Gasteiger partial charge >= 0.3 is 6.18 Å². The molecule has 0 spiro atoms. The maximum Gasteiger partial charge on any atom is 0.423 e. The number of hydrogen-bond acceptors (Lipinski definition) is 2. The highest BCUT2D eigenvalue weighted by molar-refractivity contribution is 5.41. The van der Waals surface area contributed by atoms with Crippen molar-refractivity contribution in [3.8, 4) is 11.5 Å². The van der Waals surface area contributed by atoms with Gasteiger partial charge in [0.25, 0.3) is 0 Å². The third kappa shape index (κ3) is 5.88. The average molecular weight is 398 g/mol. The molecule has 0 saturated carbocycles. The molecule has 0 radical (unpaired) electrons.